The molecule has 1 saturated heterocycles. The number of rotatable bonds is 5. The molecule has 0 aromatic heterocycles. The summed E-state index contributed by atoms with van der Waals surface area (Å²) in [7, 11) is -7.19. The van der Waals surface area contributed by atoms with Crippen molar-refractivity contribution in [3.8, 4) is 0 Å². The van der Waals surface area contributed by atoms with Crippen molar-refractivity contribution in [3.05, 3.63) is 0 Å². The van der Waals surface area contributed by atoms with Crippen LogP contribution in [0.5, 0.6) is 0 Å². The number of hydrogen-bond donors (Lipinski definition) is 2. The molecule has 1 heterocycles. The van der Waals surface area contributed by atoms with Crippen LogP contribution in [0.1, 0.15) is 26.2 Å². The molecule has 18 heavy (non-hydrogen) atoms. The predicted octanol–water partition coefficient (Wildman–Crippen LogP) is -0.397. The molecule has 2 N–H and O–H groups in total. The van der Waals surface area contributed by atoms with E-state index in [9.17, 15) is 21.6 Å². The zero-order valence-corrected chi connectivity index (χ0v) is 11.8. The number of carbonyl (C=O) groups is 1. The SMILES string of the molecule is CCCCNC(=O)NS(=O)(=O)[C@H]1CCS(=O)(=O)C1. The van der Waals surface area contributed by atoms with Crippen molar-refractivity contribution in [1.29, 1.82) is 0 Å². The lowest BCUT2D eigenvalue weighted by Gasteiger charge is -2.11. The van der Waals surface area contributed by atoms with Gasteiger partial charge in [-0.05, 0) is 12.8 Å². The van der Waals surface area contributed by atoms with E-state index in [1.165, 1.54) is 0 Å². The average Bonchev–Trinajstić information content (AvgIpc) is 2.59. The zero-order valence-electron chi connectivity index (χ0n) is 10.2. The van der Waals surface area contributed by atoms with Crippen molar-refractivity contribution in [1.82, 2.24) is 10.0 Å². The number of amides is 2. The van der Waals surface area contributed by atoms with Crippen LogP contribution < -0.4 is 10.0 Å². The highest BCUT2D eigenvalue weighted by atomic mass is 32.2. The summed E-state index contributed by atoms with van der Waals surface area (Å²) in [5.74, 6) is -0.555. The lowest BCUT2D eigenvalue weighted by Crippen LogP contribution is -2.44. The molecule has 0 unspecified atom stereocenters. The maximum Gasteiger partial charge on any atom is 0.328 e. The molecule has 0 aliphatic carbocycles. The molecule has 0 aromatic rings. The Bertz CT molecular complexity index is 497. The van der Waals surface area contributed by atoms with Gasteiger partial charge in [0, 0.05) is 6.54 Å². The van der Waals surface area contributed by atoms with Crippen molar-refractivity contribution in [3.63, 3.8) is 0 Å². The number of nitrogens with one attached hydrogen (secondary N) is 2. The summed E-state index contributed by atoms with van der Waals surface area (Å²) in [5, 5.41) is 1.38. The number of sulfone groups is 1. The first-order valence-corrected chi connectivity index (χ1v) is 9.13. The topological polar surface area (TPSA) is 109 Å². The minimum absolute atomic E-state index is 0.0416. The van der Waals surface area contributed by atoms with Crippen LogP contribution in [0.25, 0.3) is 0 Å². The second-order valence-electron chi connectivity index (χ2n) is 4.28. The molecule has 1 aliphatic rings. The first kappa shape index (κ1) is 15.2. The van der Waals surface area contributed by atoms with Crippen molar-refractivity contribution in [2.75, 3.05) is 18.1 Å². The molecule has 1 fully saturated rings. The van der Waals surface area contributed by atoms with Gasteiger partial charge in [-0.3, -0.25) is 0 Å². The van der Waals surface area contributed by atoms with Crippen LogP contribution in [-0.4, -0.2) is 46.2 Å². The van der Waals surface area contributed by atoms with Crippen LogP contribution in [-0.2, 0) is 19.9 Å². The van der Waals surface area contributed by atoms with Crippen molar-refractivity contribution in [2.24, 2.45) is 0 Å². The molecule has 1 atom stereocenters. The summed E-state index contributed by atoms with van der Waals surface area (Å²) in [4.78, 5) is 11.3. The zero-order chi connectivity index (χ0) is 13.8. The highest BCUT2D eigenvalue weighted by Crippen LogP contribution is 2.17. The van der Waals surface area contributed by atoms with Gasteiger partial charge in [0.1, 0.15) is 0 Å². The Hall–Kier alpha value is -0.830. The molecule has 1 rings (SSSR count). The Morgan fingerprint density at radius 3 is 2.56 bits per heavy atom. The molecular weight excluding hydrogens is 280 g/mol. The van der Waals surface area contributed by atoms with Gasteiger partial charge in [0.05, 0.1) is 16.8 Å². The Kier molecular flexibility index (Phi) is 4.97. The number of unbranched alkanes of at least 4 members (excludes halogenated alkanes) is 1. The second-order valence-corrected chi connectivity index (χ2v) is 8.47. The quantitative estimate of drug-likeness (QED) is 0.671. The summed E-state index contributed by atoms with van der Waals surface area (Å²) in [6.45, 7) is 2.33. The Balaban J connectivity index is 2.53. The van der Waals surface area contributed by atoms with Crippen LogP contribution in [0.4, 0.5) is 4.79 Å². The minimum Gasteiger partial charge on any atom is -0.337 e. The fourth-order valence-corrected chi connectivity index (χ4v) is 5.59. The lowest BCUT2D eigenvalue weighted by molar-refractivity contribution is 0.245. The third kappa shape index (κ3) is 4.45. The van der Waals surface area contributed by atoms with Gasteiger partial charge in [-0.2, -0.15) is 0 Å². The standard InChI is InChI=1S/C9H18N2O5S2/c1-2-3-5-10-9(12)11-18(15,16)8-4-6-17(13,14)7-8/h8H,2-7H2,1H3,(H2,10,11,12)/t8-/m0/s1. The van der Waals surface area contributed by atoms with Gasteiger partial charge in [0.15, 0.2) is 9.84 Å². The Morgan fingerprint density at radius 2 is 2.06 bits per heavy atom. The number of sulfonamides is 1. The maximum atomic E-state index is 11.7. The van der Waals surface area contributed by atoms with Crippen LogP contribution in [0.2, 0.25) is 0 Å². The molecule has 0 spiro atoms. The summed E-state index contributed by atoms with van der Waals surface area (Å²) in [5.41, 5.74) is 0. The van der Waals surface area contributed by atoms with Crippen LogP contribution in [0.15, 0.2) is 0 Å². The molecule has 0 aromatic carbocycles. The van der Waals surface area contributed by atoms with Gasteiger partial charge in [-0.1, -0.05) is 13.3 Å². The third-order valence-electron chi connectivity index (χ3n) is 2.68. The largest absolute Gasteiger partial charge is 0.337 e. The van der Waals surface area contributed by atoms with E-state index in [-0.39, 0.29) is 12.2 Å². The van der Waals surface area contributed by atoms with Crippen LogP contribution in [0.3, 0.4) is 0 Å². The van der Waals surface area contributed by atoms with Crippen molar-refractivity contribution in [2.45, 2.75) is 31.4 Å². The fraction of sp³-hybridized carbons (Fsp3) is 0.889. The van der Waals surface area contributed by atoms with Crippen LogP contribution >= 0.6 is 0 Å². The lowest BCUT2D eigenvalue weighted by atomic mass is 10.3. The first-order valence-electron chi connectivity index (χ1n) is 5.77. The molecule has 7 nitrogen and oxygen atoms in total. The fourth-order valence-electron chi connectivity index (χ4n) is 1.63. The summed E-state index contributed by atoms with van der Waals surface area (Å²) in [6, 6.07) is -0.798. The van der Waals surface area contributed by atoms with Crippen LogP contribution in [0, 0.1) is 0 Å². The molecule has 2 amide bonds. The van der Waals surface area contributed by atoms with Gasteiger partial charge >= 0.3 is 6.03 Å². The predicted molar refractivity (Wildman–Crippen MR) is 67.4 cm³/mol. The first-order chi connectivity index (χ1) is 8.27. The van der Waals surface area contributed by atoms with E-state index in [2.05, 4.69) is 5.32 Å². The Labute approximate surface area is 107 Å². The molecule has 106 valence electrons. The average molecular weight is 298 g/mol. The van der Waals surface area contributed by atoms with Gasteiger partial charge in [0.25, 0.3) is 0 Å². The van der Waals surface area contributed by atoms with Gasteiger partial charge in [-0.25, -0.2) is 26.4 Å². The third-order valence-corrected chi connectivity index (χ3v) is 6.41. The maximum absolute atomic E-state index is 11.7. The van der Waals surface area contributed by atoms with Crippen molar-refractivity contribution >= 4 is 25.9 Å². The molecule has 0 radical (unpaired) electrons. The summed E-state index contributed by atoms with van der Waals surface area (Å²) in [6.07, 6.45) is 1.68. The number of carbonyl (C=O) groups excluding carboxylic acids is 1. The molecule has 9 heteroatoms. The van der Waals surface area contributed by atoms with E-state index in [0.29, 0.717) is 6.54 Å². The highest BCUT2D eigenvalue weighted by Gasteiger charge is 2.37. The van der Waals surface area contributed by atoms with Gasteiger partial charge in [-0.15, -0.1) is 0 Å². The van der Waals surface area contributed by atoms with Gasteiger partial charge in [0.2, 0.25) is 10.0 Å². The molecule has 0 saturated carbocycles. The van der Waals surface area contributed by atoms with E-state index in [1.807, 2.05) is 11.6 Å². The number of hydrogen-bond acceptors (Lipinski definition) is 5. The van der Waals surface area contributed by atoms with E-state index in [4.69, 9.17) is 0 Å². The van der Waals surface area contributed by atoms with E-state index < -0.39 is 36.9 Å². The second kappa shape index (κ2) is 5.87. The summed E-state index contributed by atoms with van der Waals surface area (Å²) < 4.78 is 47.7. The summed E-state index contributed by atoms with van der Waals surface area (Å²) >= 11 is 0. The smallest absolute Gasteiger partial charge is 0.328 e. The Morgan fingerprint density at radius 1 is 1.39 bits per heavy atom. The molecular formula is C9H18N2O5S2. The minimum atomic E-state index is -3.91. The normalized spacial score (nSPS) is 22.6. The molecule has 0 bridgehead atoms. The van der Waals surface area contributed by atoms with E-state index in [1.54, 1.807) is 0 Å². The number of urea groups is 1. The molecule has 1 aliphatic heterocycles. The van der Waals surface area contributed by atoms with Crippen molar-refractivity contribution < 1.29 is 21.6 Å². The highest BCUT2D eigenvalue weighted by molar-refractivity contribution is 7.95. The van der Waals surface area contributed by atoms with E-state index >= 15 is 0 Å². The monoisotopic (exact) mass is 298 g/mol. The van der Waals surface area contributed by atoms with E-state index in [0.717, 1.165) is 12.8 Å². The van der Waals surface area contributed by atoms with Gasteiger partial charge < -0.3 is 5.32 Å².